The third kappa shape index (κ3) is 2.68. The van der Waals surface area contributed by atoms with Crippen LogP contribution in [0.2, 0.25) is 0 Å². The molecule has 0 N–H and O–H groups in total. The third-order valence-electron chi connectivity index (χ3n) is 3.69. The summed E-state index contributed by atoms with van der Waals surface area (Å²) in [6, 6.07) is 5.88. The quantitative estimate of drug-likeness (QED) is 0.738. The fraction of sp³-hybridized carbons (Fsp3) is 0.533. The van der Waals surface area contributed by atoms with Gasteiger partial charge in [0, 0.05) is 5.56 Å². The molecule has 1 aromatic carbocycles. The largest absolute Gasteiger partial charge is 0.496 e. The van der Waals surface area contributed by atoms with Crippen LogP contribution in [0.1, 0.15) is 60.9 Å². The average Bonchev–Trinajstić information content (AvgIpc) is 2.39. The highest BCUT2D eigenvalue weighted by molar-refractivity contribution is 5.94. The molecule has 0 atom stereocenters. The lowest BCUT2D eigenvalue weighted by atomic mass is 9.83. The van der Waals surface area contributed by atoms with Crippen LogP contribution in [0.3, 0.4) is 0 Å². The molecule has 1 fully saturated rings. The van der Waals surface area contributed by atoms with Gasteiger partial charge in [0.1, 0.15) is 5.75 Å². The second-order valence-electron chi connectivity index (χ2n) is 4.85. The minimum atomic E-state index is 0.0958. The minimum absolute atomic E-state index is 0.0958. The van der Waals surface area contributed by atoms with E-state index in [1.54, 1.807) is 14.0 Å². The van der Waals surface area contributed by atoms with Crippen molar-refractivity contribution in [2.75, 3.05) is 7.11 Å². The van der Waals surface area contributed by atoms with Crippen molar-refractivity contribution in [1.82, 2.24) is 0 Å². The molecule has 1 aromatic rings. The maximum atomic E-state index is 11.3. The monoisotopic (exact) mass is 232 g/mol. The molecule has 17 heavy (non-hydrogen) atoms. The molecular formula is C15H20O2. The van der Waals surface area contributed by atoms with E-state index in [1.165, 1.54) is 37.7 Å². The lowest BCUT2D eigenvalue weighted by Gasteiger charge is -2.24. The molecule has 2 heteroatoms. The summed E-state index contributed by atoms with van der Waals surface area (Å²) < 4.78 is 5.44. The molecule has 1 saturated carbocycles. The fourth-order valence-electron chi connectivity index (χ4n) is 2.68. The lowest BCUT2D eigenvalue weighted by molar-refractivity contribution is 0.101. The number of rotatable bonds is 3. The summed E-state index contributed by atoms with van der Waals surface area (Å²) in [5.74, 6) is 1.59. The Morgan fingerprint density at radius 2 is 1.94 bits per heavy atom. The van der Waals surface area contributed by atoms with Gasteiger partial charge in [-0.25, -0.2) is 0 Å². The maximum absolute atomic E-state index is 11.3. The summed E-state index contributed by atoms with van der Waals surface area (Å²) in [7, 11) is 1.69. The molecule has 0 aliphatic heterocycles. The normalized spacial score (nSPS) is 16.8. The first-order valence-corrected chi connectivity index (χ1v) is 6.41. The summed E-state index contributed by atoms with van der Waals surface area (Å²) in [5, 5.41) is 0. The lowest BCUT2D eigenvalue weighted by Crippen LogP contribution is -2.07. The van der Waals surface area contributed by atoms with Gasteiger partial charge in [-0.15, -0.1) is 0 Å². The number of methoxy groups -OCH3 is 1. The summed E-state index contributed by atoms with van der Waals surface area (Å²) in [5.41, 5.74) is 2.01. The number of ketones is 1. The smallest absolute Gasteiger partial charge is 0.159 e. The van der Waals surface area contributed by atoms with E-state index in [0.717, 1.165) is 11.3 Å². The number of benzene rings is 1. The van der Waals surface area contributed by atoms with Crippen LogP contribution in [-0.2, 0) is 0 Å². The molecule has 0 spiro atoms. The molecule has 2 nitrogen and oxygen atoms in total. The first-order chi connectivity index (χ1) is 8.22. The van der Waals surface area contributed by atoms with E-state index in [-0.39, 0.29) is 5.78 Å². The molecule has 0 saturated heterocycles. The van der Waals surface area contributed by atoms with Gasteiger partial charge in [0.2, 0.25) is 0 Å². The summed E-state index contributed by atoms with van der Waals surface area (Å²) in [6.45, 7) is 1.59. The van der Waals surface area contributed by atoms with Gasteiger partial charge in [-0.05, 0) is 37.3 Å². The predicted molar refractivity (Wildman–Crippen MR) is 68.8 cm³/mol. The molecule has 0 aromatic heterocycles. The highest BCUT2D eigenvalue weighted by Gasteiger charge is 2.19. The van der Waals surface area contributed by atoms with Crippen molar-refractivity contribution in [3.63, 3.8) is 0 Å². The van der Waals surface area contributed by atoms with Crippen LogP contribution in [0.4, 0.5) is 0 Å². The van der Waals surface area contributed by atoms with Crippen molar-refractivity contribution in [2.24, 2.45) is 0 Å². The number of carbonyl (C=O) groups excluding carboxylic acids is 1. The van der Waals surface area contributed by atoms with E-state index >= 15 is 0 Å². The first kappa shape index (κ1) is 12.2. The van der Waals surface area contributed by atoms with Gasteiger partial charge in [-0.2, -0.15) is 0 Å². The third-order valence-corrected chi connectivity index (χ3v) is 3.69. The number of hydrogen-bond donors (Lipinski definition) is 0. The zero-order valence-corrected chi connectivity index (χ0v) is 10.7. The second-order valence-corrected chi connectivity index (χ2v) is 4.85. The van der Waals surface area contributed by atoms with E-state index < -0.39 is 0 Å². The molecule has 0 amide bonds. The Bertz CT molecular complexity index is 403. The molecule has 0 bridgehead atoms. The average molecular weight is 232 g/mol. The molecule has 1 aliphatic carbocycles. The maximum Gasteiger partial charge on any atom is 0.159 e. The minimum Gasteiger partial charge on any atom is -0.496 e. The van der Waals surface area contributed by atoms with Crippen molar-refractivity contribution in [1.29, 1.82) is 0 Å². The second kappa shape index (κ2) is 5.35. The van der Waals surface area contributed by atoms with Gasteiger partial charge < -0.3 is 4.74 Å². The summed E-state index contributed by atoms with van der Waals surface area (Å²) in [4.78, 5) is 11.3. The van der Waals surface area contributed by atoms with Crippen LogP contribution >= 0.6 is 0 Å². The van der Waals surface area contributed by atoms with Crippen molar-refractivity contribution in [3.8, 4) is 5.75 Å². The Kier molecular flexibility index (Phi) is 3.82. The molecule has 2 rings (SSSR count). The van der Waals surface area contributed by atoms with E-state index in [9.17, 15) is 4.79 Å². The molecule has 92 valence electrons. The van der Waals surface area contributed by atoms with Crippen LogP contribution in [0.15, 0.2) is 18.2 Å². The fourth-order valence-corrected chi connectivity index (χ4v) is 2.68. The Morgan fingerprint density at radius 1 is 1.24 bits per heavy atom. The van der Waals surface area contributed by atoms with Crippen molar-refractivity contribution >= 4 is 5.78 Å². The molecular weight excluding hydrogens is 212 g/mol. The van der Waals surface area contributed by atoms with E-state index in [2.05, 4.69) is 6.07 Å². The molecule has 1 aliphatic rings. The summed E-state index contributed by atoms with van der Waals surface area (Å²) >= 11 is 0. The standard InChI is InChI=1S/C15H20O2/c1-11(16)13-8-9-14(15(10-13)17-2)12-6-4-3-5-7-12/h8-10,12H,3-7H2,1-2H3. The van der Waals surface area contributed by atoms with Gasteiger partial charge in [-0.3, -0.25) is 4.79 Å². The van der Waals surface area contributed by atoms with Crippen LogP contribution < -0.4 is 4.74 Å². The Hall–Kier alpha value is -1.31. The van der Waals surface area contributed by atoms with Gasteiger partial charge >= 0.3 is 0 Å². The SMILES string of the molecule is COc1cc(C(C)=O)ccc1C1CCCCC1. The number of carbonyl (C=O) groups is 1. The van der Waals surface area contributed by atoms with Crippen molar-refractivity contribution in [3.05, 3.63) is 29.3 Å². The topological polar surface area (TPSA) is 26.3 Å². The van der Waals surface area contributed by atoms with E-state index in [1.807, 2.05) is 12.1 Å². The van der Waals surface area contributed by atoms with Gasteiger partial charge in [-0.1, -0.05) is 31.4 Å². The number of ether oxygens (including phenoxy) is 1. The van der Waals surface area contributed by atoms with E-state index in [0.29, 0.717) is 5.92 Å². The van der Waals surface area contributed by atoms with Gasteiger partial charge in [0.15, 0.2) is 5.78 Å². The highest BCUT2D eigenvalue weighted by atomic mass is 16.5. The van der Waals surface area contributed by atoms with Crippen LogP contribution in [-0.4, -0.2) is 12.9 Å². The Morgan fingerprint density at radius 3 is 2.53 bits per heavy atom. The van der Waals surface area contributed by atoms with Crippen molar-refractivity contribution < 1.29 is 9.53 Å². The molecule has 0 heterocycles. The Labute approximate surface area is 103 Å². The zero-order valence-electron chi connectivity index (χ0n) is 10.7. The molecule has 0 unspecified atom stereocenters. The van der Waals surface area contributed by atoms with Crippen molar-refractivity contribution in [2.45, 2.75) is 44.9 Å². The van der Waals surface area contributed by atoms with Gasteiger partial charge in [0.25, 0.3) is 0 Å². The van der Waals surface area contributed by atoms with Crippen LogP contribution in [0, 0.1) is 0 Å². The van der Waals surface area contributed by atoms with Gasteiger partial charge in [0.05, 0.1) is 7.11 Å². The number of Topliss-reactive ketones (excluding diaryl/α,β-unsaturated/α-hetero) is 1. The molecule has 0 radical (unpaired) electrons. The summed E-state index contributed by atoms with van der Waals surface area (Å²) in [6.07, 6.45) is 6.46. The first-order valence-electron chi connectivity index (χ1n) is 6.41. The predicted octanol–water partition coefficient (Wildman–Crippen LogP) is 3.95. The van der Waals surface area contributed by atoms with Crippen LogP contribution in [0.25, 0.3) is 0 Å². The zero-order chi connectivity index (χ0) is 12.3. The Balaban J connectivity index is 2.29. The highest BCUT2D eigenvalue weighted by Crippen LogP contribution is 2.37. The number of hydrogen-bond acceptors (Lipinski definition) is 2. The van der Waals surface area contributed by atoms with E-state index in [4.69, 9.17) is 4.74 Å². The van der Waals surface area contributed by atoms with Crippen LogP contribution in [0.5, 0.6) is 5.75 Å².